The monoisotopic (exact) mass is 239 g/mol. The minimum absolute atomic E-state index is 0.0697. The zero-order chi connectivity index (χ0) is 12.9. The van der Waals surface area contributed by atoms with Gasteiger partial charge in [-0.15, -0.1) is 0 Å². The molecule has 0 aromatic carbocycles. The highest BCUT2D eigenvalue weighted by Gasteiger charge is 2.34. The Morgan fingerprint density at radius 2 is 1.88 bits per heavy atom. The molecule has 1 atom stereocenters. The van der Waals surface area contributed by atoms with E-state index >= 15 is 0 Å². The molecule has 3 N–H and O–H groups in total. The number of hydrogen-bond donors (Lipinski definition) is 2. The van der Waals surface area contributed by atoms with Gasteiger partial charge in [-0.3, -0.25) is 10.3 Å². The van der Waals surface area contributed by atoms with Gasteiger partial charge in [-0.25, -0.2) is 0 Å². The van der Waals surface area contributed by atoms with Crippen molar-refractivity contribution in [3.05, 3.63) is 0 Å². The molecule has 0 aliphatic heterocycles. The van der Waals surface area contributed by atoms with Crippen molar-refractivity contribution >= 4 is 5.84 Å². The van der Waals surface area contributed by atoms with Crippen LogP contribution in [0.25, 0.3) is 0 Å². The van der Waals surface area contributed by atoms with Gasteiger partial charge in [0, 0.05) is 18.5 Å². The molecular weight excluding hydrogens is 219 g/mol. The van der Waals surface area contributed by atoms with Crippen LogP contribution in [-0.4, -0.2) is 35.5 Å². The summed E-state index contributed by atoms with van der Waals surface area (Å²) in [5.74, 6) is -0.0697. The molecular formula is C10H20F3N3. The van der Waals surface area contributed by atoms with Crippen molar-refractivity contribution in [1.29, 1.82) is 5.41 Å². The van der Waals surface area contributed by atoms with Gasteiger partial charge in [0.25, 0.3) is 0 Å². The van der Waals surface area contributed by atoms with E-state index < -0.39 is 12.7 Å². The molecule has 1 unspecified atom stereocenters. The molecule has 16 heavy (non-hydrogen) atoms. The summed E-state index contributed by atoms with van der Waals surface area (Å²) in [6.07, 6.45) is -3.48. The Morgan fingerprint density at radius 3 is 2.12 bits per heavy atom. The minimum atomic E-state index is -4.21. The van der Waals surface area contributed by atoms with Gasteiger partial charge in [0.15, 0.2) is 0 Å². The molecule has 0 heterocycles. The summed E-state index contributed by atoms with van der Waals surface area (Å²) >= 11 is 0. The average molecular weight is 239 g/mol. The molecule has 0 aliphatic carbocycles. The second kappa shape index (κ2) is 6.08. The lowest BCUT2D eigenvalue weighted by atomic mass is 10.1. The number of halogens is 3. The number of hydrogen-bond acceptors (Lipinski definition) is 2. The highest BCUT2D eigenvalue weighted by Crippen LogP contribution is 2.22. The SMILES string of the molecule is CCC(CC(=N)N)N(CC(F)(F)F)C(C)C. The Hall–Kier alpha value is -0.780. The van der Waals surface area contributed by atoms with Crippen LogP contribution < -0.4 is 5.73 Å². The molecule has 0 spiro atoms. The molecule has 0 aromatic rings. The van der Waals surface area contributed by atoms with Crippen molar-refractivity contribution in [3.8, 4) is 0 Å². The summed E-state index contributed by atoms with van der Waals surface area (Å²) in [5, 5.41) is 7.16. The molecule has 0 radical (unpaired) electrons. The average Bonchev–Trinajstić information content (AvgIpc) is 2.08. The smallest absolute Gasteiger partial charge is 0.388 e. The zero-order valence-corrected chi connectivity index (χ0v) is 9.93. The van der Waals surface area contributed by atoms with E-state index in [1.54, 1.807) is 20.8 Å². The van der Waals surface area contributed by atoms with Crippen LogP contribution in [0.5, 0.6) is 0 Å². The molecule has 96 valence electrons. The van der Waals surface area contributed by atoms with Crippen molar-refractivity contribution < 1.29 is 13.2 Å². The molecule has 0 aromatic heterocycles. The number of nitrogens with zero attached hydrogens (tertiary/aromatic N) is 1. The molecule has 0 saturated carbocycles. The first-order valence-electron chi connectivity index (χ1n) is 5.32. The van der Waals surface area contributed by atoms with E-state index in [1.807, 2.05) is 0 Å². The first kappa shape index (κ1) is 15.2. The van der Waals surface area contributed by atoms with Gasteiger partial charge >= 0.3 is 6.18 Å². The van der Waals surface area contributed by atoms with E-state index in [1.165, 1.54) is 4.90 Å². The van der Waals surface area contributed by atoms with Crippen LogP contribution in [0.15, 0.2) is 0 Å². The van der Waals surface area contributed by atoms with Crippen LogP contribution in [0, 0.1) is 5.41 Å². The van der Waals surface area contributed by atoms with Gasteiger partial charge in [-0.1, -0.05) is 6.92 Å². The maximum absolute atomic E-state index is 12.4. The van der Waals surface area contributed by atoms with Crippen LogP contribution in [0.4, 0.5) is 13.2 Å². The Morgan fingerprint density at radius 1 is 1.38 bits per heavy atom. The fraction of sp³-hybridized carbons (Fsp3) is 0.900. The van der Waals surface area contributed by atoms with Crippen molar-refractivity contribution in [2.75, 3.05) is 6.54 Å². The third kappa shape index (κ3) is 5.95. The lowest BCUT2D eigenvalue weighted by Gasteiger charge is -2.34. The van der Waals surface area contributed by atoms with Crippen molar-refractivity contribution in [2.45, 2.75) is 51.9 Å². The highest BCUT2D eigenvalue weighted by molar-refractivity contribution is 5.77. The molecule has 3 nitrogen and oxygen atoms in total. The number of alkyl halides is 3. The van der Waals surface area contributed by atoms with Crippen LogP contribution in [0.3, 0.4) is 0 Å². The topological polar surface area (TPSA) is 53.1 Å². The summed E-state index contributed by atoms with van der Waals surface area (Å²) in [5.41, 5.74) is 5.25. The van der Waals surface area contributed by atoms with Crippen molar-refractivity contribution in [2.24, 2.45) is 5.73 Å². The van der Waals surface area contributed by atoms with E-state index in [0.717, 1.165) is 0 Å². The predicted octanol–water partition coefficient (Wildman–Crippen LogP) is 2.36. The van der Waals surface area contributed by atoms with E-state index in [2.05, 4.69) is 0 Å². The normalized spacial score (nSPS) is 14.5. The largest absolute Gasteiger partial charge is 0.401 e. The number of nitrogens with two attached hydrogens (primary N) is 1. The fourth-order valence-electron chi connectivity index (χ4n) is 1.69. The summed E-state index contributed by atoms with van der Waals surface area (Å²) in [4.78, 5) is 1.35. The van der Waals surface area contributed by atoms with E-state index in [0.29, 0.717) is 6.42 Å². The lowest BCUT2D eigenvalue weighted by Crippen LogP contribution is -2.47. The van der Waals surface area contributed by atoms with Crippen LogP contribution in [-0.2, 0) is 0 Å². The van der Waals surface area contributed by atoms with Crippen molar-refractivity contribution in [3.63, 3.8) is 0 Å². The summed E-state index contributed by atoms with van der Waals surface area (Å²) in [6.45, 7) is 4.29. The van der Waals surface area contributed by atoms with Gasteiger partial charge in [-0.2, -0.15) is 13.2 Å². The van der Waals surface area contributed by atoms with E-state index in [4.69, 9.17) is 11.1 Å². The fourth-order valence-corrected chi connectivity index (χ4v) is 1.69. The highest BCUT2D eigenvalue weighted by atomic mass is 19.4. The third-order valence-corrected chi connectivity index (χ3v) is 2.42. The second-order valence-electron chi connectivity index (χ2n) is 4.17. The molecule has 0 bridgehead atoms. The molecule has 0 aliphatic rings. The molecule has 0 fully saturated rings. The minimum Gasteiger partial charge on any atom is -0.388 e. The zero-order valence-electron chi connectivity index (χ0n) is 9.93. The molecule has 0 rings (SSSR count). The van der Waals surface area contributed by atoms with Gasteiger partial charge in [-0.05, 0) is 20.3 Å². The van der Waals surface area contributed by atoms with E-state index in [-0.39, 0.29) is 24.3 Å². The summed E-state index contributed by atoms with van der Waals surface area (Å²) in [6, 6.07) is -0.537. The standard InChI is InChI=1S/C10H20F3N3/c1-4-8(5-9(14)15)16(7(2)3)6-10(11,12)13/h7-8H,4-6H2,1-3H3,(H3,14,15). The quantitative estimate of drug-likeness (QED) is 0.552. The lowest BCUT2D eigenvalue weighted by molar-refractivity contribution is -0.155. The van der Waals surface area contributed by atoms with Crippen LogP contribution in [0.2, 0.25) is 0 Å². The van der Waals surface area contributed by atoms with E-state index in [9.17, 15) is 13.2 Å². The maximum atomic E-state index is 12.4. The molecule has 6 heteroatoms. The second-order valence-corrected chi connectivity index (χ2v) is 4.17. The van der Waals surface area contributed by atoms with Gasteiger partial charge in [0.05, 0.1) is 12.4 Å². The van der Waals surface area contributed by atoms with Gasteiger partial charge in [0.2, 0.25) is 0 Å². The number of rotatable bonds is 6. The Bertz CT molecular complexity index is 226. The van der Waals surface area contributed by atoms with Gasteiger partial charge in [0.1, 0.15) is 0 Å². The molecule has 0 amide bonds. The van der Waals surface area contributed by atoms with Crippen LogP contribution in [0.1, 0.15) is 33.6 Å². The Balaban J connectivity index is 4.66. The van der Waals surface area contributed by atoms with Gasteiger partial charge < -0.3 is 5.73 Å². The third-order valence-electron chi connectivity index (χ3n) is 2.42. The predicted molar refractivity (Wildman–Crippen MR) is 58.5 cm³/mol. The van der Waals surface area contributed by atoms with Crippen LogP contribution >= 0.6 is 0 Å². The molecule has 0 saturated heterocycles. The number of amidine groups is 1. The Labute approximate surface area is 94.3 Å². The first-order chi connectivity index (χ1) is 7.17. The Kier molecular flexibility index (Phi) is 5.78. The maximum Gasteiger partial charge on any atom is 0.401 e. The first-order valence-corrected chi connectivity index (χ1v) is 5.32. The summed E-state index contributed by atoms with van der Waals surface area (Å²) in [7, 11) is 0. The summed E-state index contributed by atoms with van der Waals surface area (Å²) < 4.78 is 37.1. The van der Waals surface area contributed by atoms with Crippen molar-refractivity contribution in [1.82, 2.24) is 4.90 Å². The number of nitrogens with one attached hydrogen (secondary N) is 1.